The lowest BCUT2D eigenvalue weighted by atomic mass is 10.2. The lowest BCUT2D eigenvalue weighted by Crippen LogP contribution is -2.18. The molecule has 0 aliphatic rings. The van der Waals surface area contributed by atoms with Crippen LogP contribution in [0.2, 0.25) is 0 Å². The second-order valence-electron chi connectivity index (χ2n) is 5.12. The van der Waals surface area contributed by atoms with E-state index in [0.717, 1.165) is 35.9 Å². The van der Waals surface area contributed by atoms with Gasteiger partial charge in [0.1, 0.15) is 17.4 Å². The summed E-state index contributed by atoms with van der Waals surface area (Å²) in [6.07, 6.45) is 0. The molecule has 21 heavy (non-hydrogen) atoms. The number of rotatable bonds is 7. The van der Waals surface area contributed by atoms with E-state index in [1.54, 1.807) is 11.3 Å². The average Bonchev–Trinajstić information content (AvgIpc) is 2.88. The maximum Gasteiger partial charge on any atom is 0.162 e. The third-order valence-corrected chi connectivity index (χ3v) is 3.60. The lowest BCUT2D eigenvalue weighted by molar-refractivity contribution is 0.299. The maximum atomic E-state index is 13.0. The number of ether oxygens (including phenoxy) is 1. The third-order valence-electron chi connectivity index (χ3n) is 2.71. The zero-order valence-corrected chi connectivity index (χ0v) is 12.8. The first-order valence-electron chi connectivity index (χ1n) is 6.76. The molecule has 0 saturated heterocycles. The van der Waals surface area contributed by atoms with Gasteiger partial charge in [-0.2, -0.15) is 0 Å². The number of nitrogens with zero attached hydrogens (tertiary/aromatic N) is 1. The maximum absolute atomic E-state index is 13.0. The van der Waals surface area contributed by atoms with Crippen molar-refractivity contribution in [2.24, 2.45) is 5.92 Å². The number of nitrogens with one attached hydrogen (secondary N) is 1. The van der Waals surface area contributed by atoms with Gasteiger partial charge in [-0.25, -0.2) is 13.8 Å². The van der Waals surface area contributed by atoms with Crippen LogP contribution in [0.5, 0.6) is 5.75 Å². The van der Waals surface area contributed by atoms with Crippen LogP contribution >= 0.6 is 11.3 Å². The molecule has 1 N–H and O–H groups in total. The molecule has 0 amide bonds. The normalized spacial score (nSPS) is 11.1. The fourth-order valence-corrected chi connectivity index (χ4v) is 2.44. The molecule has 1 aromatic carbocycles. The van der Waals surface area contributed by atoms with E-state index in [1.165, 1.54) is 6.07 Å². The van der Waals surface area contributed by atoms with E-state index in [0.29, 0.717) is 11.7 Å². The Labute approximate surface area is 127 Å². The Hall–Kier alpha value is -1.53. The van der Waals surface area contributed by atoms with Gasteiger partial charge in [0.15, 0.2) is 11.6 Å². The van der Waals surface area contributed by atoms with E-state index in [-0.39, 0.29) is 6.61 Å². The SMILES string of the molecule is CC(C)CNCc1nc(COc2ccc(F)c(F)c2)cs1. The quantitative estimate of drug-likeness (QED) is 0.845. The fraction of sp³-hybridized carbons (Fsp3) is 0.400. The largest absolute Gasteiger partial charge is 0.487 e. The van der Waals surface area contributed by atoms with Crippen molar-refractivity contribution in [1.82, 2.24) is 10.3 Å². The molecular weight excluding hydrogens is 294 g/mol. The van der Waals surface area contributed by atoms with Crippen LogP contribution in [0.3, 0.4) is 0 Å². The van der Waals surface area contributed by atoms with Gasteiger partial charge in [0.05, 0.1) is 5.69 Å². The molecule has 114 valence electrons. The van der Waals surface area contributed by atoms with Gasteiger partial charge in [0.2, 0.25) is 0 Å². The van der Waals surface area contributed by atoms with Gasteiger partial charge in [-0.15, -0.1) is 11.3 Å². The Balaban J connectivity index is 1.83. The summed E-state index contributed by atoms with van der Waals surface area (Å²) in [5.41, 5.74) is 0.783. The van der Waals surface area contributed by atoms with E-state index >= 15 is 0 Å². The van der Waals surface area contributed by atoms with Crippen molar-refractivity contribution in [3.05, 3.63) is 45.9 Å². The van der Waals surface area contributed by atoms with Crippen molar-refractivity contribution in [2.45, 2.75) is 27.0 Å². The van der Waals surface area contributed by atoms with Gasteiger partial charge < -0.3 is 10.1 Å². The average molecular weight is 312 g/mol. The van der Waals surface area contributed by atoms with Crippen molar-refractivity contribution in [3.8, 4) is 5.75 Å². The molecule has 2 aromatic rings. The van der Waals surface area contributed by atoms with E-state index in [4.69, 9.17) is 4.74 Å². The third kappa shape index (κ3) is 5.06. The van der Waals surface area contributed by atoms with Crippen molar-refractivity contribution >= 4 is 11.3 Å². The number of hydrogen-bond acceptors (Lipinski definition) is 4. The summed E-state index contributed by atoms with van der Waals surface area (Å²) in [6, 6.07) is 3.48. The van der Waals surface area contributed by atoms with Crippen LogP contribution in [0, 0.1) is 17.6 Å². The minimum atomic E-state index is -0.913. The van der Waals surface area contributed by atoms with Crippen molar-refractivity contribution in [1.29, 1.82) is 0 Å². The highest BCUT2D eigenvalue weighted by Gasteiger charge is 2.06. The van der Waals surface area contributed by atoms with Crippen LogP contribution in [-0.2, 0) is 13.2 Å². The molecule has 0 aliphatic carbocycles. The molecule has 2 rings (SSSR count). The predicted octanol–water partition coefficient (Wildman–Crippen LogP) is 3.75. The summed E-state index contributed by atoms with van der Waals surface area (Å²) in [7, 11) is 0. The van der Waals surface area contributed by atoms with Crippen molar-refractivity contribution < 1.29 is 13.5 Å². The Morgan fingerprint density at radius 2 is 2.10 bits per heavy atom. The molecule has 1 aromatic heterocycles. The van der Waals surface area contributed by atoms with Crippen molar-refractivity contribution in [2.75, 3.05) is 6.54 Å². The minimum absolute atomic E-state index is 0.242. The van der Waals surface area contributed by atoms with Gasteiger partial charge in [0, 0.05) is 18.0 Å². The number of halogens is 2. The summed E-state index contributed by atoms with van der Waals surface area (Å²) >= 11 is 1.55. The van der Waals surface area contributed by atoms with E-state index in [1.807, 2.05) is 5.38 Å². The van der Waals surface area contributed by atoms with Crippen LogP contribution in [0.1, 0.15) is 24.5 Å². The Morgan fingerprint density at radius 1 is 1.29 bits per heavy atom. The van der Waals surface area contributed by atoms with Gasteiger partial charge in [-0.05, 0) is 24.6 Å². The van der Waals surface area contributed by atoms with Crippen LogP contribution in [0.4, 0.5) is 8.78 Å². The first-order valence-corrected chi connectivity index (χ1v) is 7.64. The zero-order chi connectivity index (χ0) is 15.2. The van der Waals surface area contributed by atoms with Crippen LogP contribution < -0.4 is 10.1 Å². The Kier molecular flexibility index (Phi) is 5.64. The minimum Gasteiger partial charge on any atom is -0.487 e. The number of benzene rings is 1. The summed E-state index contributed by atoms with van der Waals surface area (Å²) in [4.78, 5) is 4.43. The topological polar surface area (TPSA) is 34.2 Å². The molecule has 3 nitrogen and oxygen atoms in total. The molecule has 0 saturated carbocycles. The molecule has 1 heterocycles. The standard InChI is InChI=1S/C15H18F2N2OS/c1-10(2)6-18-7-15-19-11(9-21-15)8-20-12-3-4-13(16)14(17)5-12/h3-5,9-10,18H,6-8H2,1-2H3. The van der Waals surface area contributed by atoms with E-state index in [2.05, 4.69) is 24.1 Å². The van der Waals surface area contributed by atoms with E-state index in [9.17, 15) is 8.78 Å². The first-order chi connectivity index (χ1) is 10.0. The number of hydrogen-bond donors (Lipinski definition) is 1. The highest BCUT2D eigenvalue weighted by atomic mass is 32.1. The van der Waals surface area contributed by atoms with Crippen LogP contribution in [-0.4, -0.2) is 11.5 Å². The predicted molar refractivity (Wildman–Crippen MR) is 79.3 cm³/mol. The van der Waals surface area contributed by atoms with Gasteiger partial charge in [-0.3, -0.25) is 0 Å². The highest BCUT2D eigenvalue weighted by Crippen LogP contribution is 2.17. The number of thiazole rings is 1. The van der Waals surface area contributed by atoms with Crippen molar-refractivity contribution in [3.63, 3.8) is 0 Å². The highest BCUT2D eigenvalue weighted by molar-refractivity contribution is 7.09. The molecular formula is C15H18F2N2OS. The monoisotopic (exact) mass is 312 g/mol. The molecule has 0 radical (unpaired) electrons. The molecule has 0 bridgehead atoms. The Morgan fingerprint density at radius 3 is 2.81 bits per heavy atom. The Bertz CT molecular complexity index is 587. The molecule has 0 aliphatic heterocycles. The molecule has 0 unspecified atom stereocenters. The lowest BCUT2D eigenvalue weighted by Gasteiger charge is -2.05. The van der Waals surface area contributed by atoms with E-state index < -0.39 is 11.6 Å². The molecule has 0 spiro atoms. The van der Waals surface area contributed by atoms with Crippen LogP contribution in [0.15, 0.2) is 23.6 Å². The summed E-state index contributed by atoms with van der Waals surface area (Å²) in [5.74, 6) is -0.901. The smallest absolute Gasteiger partial charge is 0.162 e. The second kappa shape index (κ2) is 7.47. The molecule has 0 fully saturated rings. The molecule has 0 atom stereocenters. The van der Waals surface area contributed by atoms with Gasteiger partial charge in [-0.1, -0.05) is 13.8 Å². The fourth-order valence-electron chi connectivity index (χ4n) is 1.69. The summed E-state index contributed by atoms with van der Waals surface area (Å²) < 4.78 is 31.2. The number of aromatic nitrogens is 1. The van der Waals surface area contributed by atoms with Crippen LogP contribution in [0.25, 0.3) is 0 Å². The molecule has 6 heteroatoms. The first kappa shape index (κ1) is 15.9. The summed E-state index contributed by atoms with van der Waals surface area (Å²) in [6.45, 7) is 6.21. The summed E-state index contributed by atoms with van der Waals surface area (Å²) in [5, 5.41) is 6.21. The second-order valence-corrected chi connectivity index (χ2v) is 6.06. The van der Waals surface area contributed by atoms with Gasteiger partial charge >= 0.3 is 0 Å². The zero-order valence-electron chi connectivity index (χ0n) is 12.0. The van der Waals surface area contributed by atoms with Gasteiger partial charge in [0.25, 0.3) is 0 Å².